The Balaban J connectivity index is 1.78. The number of hydrogen-bond acceptors (Lipinski definition) is 7. The smallest absolute Gasteiger partial charge is 0.269 e. The van der Waals surface area contributed by atoms with Crippen LogP contribution in [0.25, 0.3) is 0 Å². The lowest BCUT2D eigenvalue weighted by atomic mass is 9.88. The Morgan fingerprint density at radius 3 is 2.52 bits per heavy atom. The number of fused-ring (bicyclic) bond motifs is 1. The summed E-state index contributed by atoms with van der Waals surface area (Å²) in [6.07, 6.45) is 1.54. The Hall–Kier alpha value is -3.55. The third-order valence-corrected chi connectivity index (χ3v) is 4.20. The fourth-order valence-corrected chi connectivity index (χ4v) is 2.75. The van der Waals surface area contributed by atoms with Crippen LogP contribution in [0.15, 0.2) is 54.2 Å². The number of nitro benzene ring substituents is 1. The van der Waals surface area contributed by atoms with Crippen LogP contribution in [-0.2, 0) is 0 Å². The molecule has 2 aromatic carbocycles. The van der Waals surface area contributed by atoms with Gasteiger partial charge in [-0.2, -0.15) is 0 Å². The van der Waals surface area contributed by atoms with Gasteiger partial charge in [-0.3, -0.25) is 14.9 Å². The highest BCUT2D eigenvalue weighted by molar-refractivity contribution is 6.12. The summed E-state index contributed by atoms with van der Waals surface area (Å²) in [4.78, 5) is 23.1. The first kappa shape index (κ1) is 18.2. The molecule has 0 saturated heterocycles. The fraction of sp³-hybridized carbons (Fsp3) is 0.211. The van der Waals surface area contributed by atoms with Crippen molar-refractivity contribution >= 4 is 17.2 Å². The predicted octanol–water partition coefficient (Wildman–Crippen LogP) is 3.46. The maximum absolute atomic E-state index is 12.9. The summed E-state index contributed by atoms with van der Waals surface area (Å²) in [6.45, 7) is 3.60. The van der Waals surface area contributed by atoms with E-state index in [0.29, 0.717) is 28.3 Å². The normalized spacial score (nSPS) is 16.3. The van der Waals surface area contributed by atoms with Crippen molar-refractivity contribution in [2.24, 2.45) is 0 Å². The third-order valence-electron chi connectivity index (χ3n) is 4.20. The number of hydrogen-bond donors (Lipinski definition) is 2. The lowest BCUT2D eigenvalue weighted by Crippen LogP contribution is -2.40. The molecule has 1 heterocycles. The molecule has 1 aliphatic heterocycles. The molecule has 0 spiro atoms. The molecule has 0 fully saturated rings. The lowest BCUT2D eigenvalue weighted by molar-refractivity contribution is -0.384. The molecule has 0 bridgehead atoms. The van der Waals surface area contributed by atoms with Gasteiger partial charge in [-0.15, -0.1) is 0 Å². The van der Waals surface area contributed by atoms with Crippen molar-refractivity contribution in [3.63, 3.8) is 0 Å². The molecule has 140 valence electrons. The number of benzene rings is 2. The zero-order chi connectivity index (χ0) is 19.6. The number of nitrogens with one attached hydrogen (secondary N) is 2. The summed E-state index contributed by atoms with van der Waals surface area (Å²) < 4.78 is 11.2. The monoisotopic (exact) mass is 369 g/mol. The Morgan fingerprint density at radius 2 is 1.89 bits per heavy atom. The molecule has 0 unspecified atom stereocenters. The van der Waals surface area contributed by atoms with Crippen LogP contribution in [0.3, 0.4) is 0 Å². The van der Waals surface area contributed by atoms with Crippen molar-refractivity contribution in [2.45, 2.75) is 19.4 Å². The molecule has 8 nitrogen and oxygen atoms in total. The molecule has 3 rings (SSSR count). The van der Waals surface area contributed by atoms with Gasteiger partial charge in [0.25, 0.3) is 5.69 Å². The lowest BCUT2D eigenvalue weighted by Gasteiger charge is -2.34. The van der Waals surface area contributed by atoms with Crippen LogP contribution in [0.2, 0.25) is 0 Å². The van der Waals surface area contributed by atoms with Crippen molar-refractivity contribution < 1.29 is 19.2 Å². The van der Waals surface area contributed by atoms with Crippen LogP contribution in [-0.4, -0.2) is 23.4 Å². The molecular formula is C19H19N3O5. The Labute approximate surface area is 155 Å². The second-order valence-corrected chi connectivity index (χ2v) is 6.43. The van der Waals surface area contributed by atoms with Gasteiger partial charge in [-0.1, -0.05) is 0 Å². The molecule has 0 saturated carbocycles. The van der Waals surface area contributed by atoms with Gasteiger partial charge in [0, 0.05) is 24.4 Å². The molecule has 0 atom stereocenters. The van der Waals surface area contributed by atoms with Gasteiger partial charge in [-0.05, 0) is 38.1 Å². The highest BCUT2D eigenvalue weighted by Gasteiger charge is 2.38. The molecule has 0 amide bonds. The number of rotatable bonds is 5. The average Bonchev–Trinajstić information content (AvgIpc) is 2.63. The summed E-state index contributed by atoms with van der Waals surface area (Å²) in [7, 11) is 1.55. The molecule has 2 aromatic rings. The van der Waals surface area contributed by atoms with Crippen molar-refractivity contribution in [3.05, 3.63) is 69.9 Å². The van der Waals surface area contributed by atoms with Gasteiger partial charge in [0.05, 0.1) is 28.9 Å². The molecule has 0 radical (unpaired) electrons. The number of carbonyl (C=O) groups is 1. The summed E-state index contributed by atoms with van der Waals surface area (Å²) in [5, 5.41) is 10.7. The molecule has 1 aliphatic rings. The topological polar surface area (TPSA) is 103 Å². The SMILES string of the molecule is COc1ccc2c(c1)OC(C)(C)/C(=C\NNc1ccc([N+](=O)[O-])cc1)C2=O. The first-order chi connectivity index (χ1) is 12.8. The minimum Gasteiger partial charge on any atom is -0.497 e. The fourth-order valence-electron chi connectivity index (χ4n) is 2.75. The minimum absolute atomic E-state index is 0.00271. The first-order valence-corrected chi connectivity index (χ1v) is 8.20. The Kier molecular flexibility index (Phi) is 4.72. The van der Waals surface area contributed by atoms with E-state index in [1.54, 1.807) is 51.3 Å². The van der Waals surface area contributed by atoms with E-state index in [-0.39, 0.29) is 11.5 Å². The summed E-state index contributed by atoms with van der Waals surface area (Å²) in [5.41, 5.74) is 6.40. The number of carbonyl (C=O) groups excluding carboxylic acids is 1. The summed E-state index contributed by atoms with van der Waals surface area (Å²) >= 11 is 0. The van der Waals surface area contributed by atoms with Gasteiger partial charge in [0.2, 0.25) is 0 Å². The van der Waals surface area contributed by atoms with E-state index in [4.69, 9.17) is 9.47 Å². The van der Waals surface area contributed by atoms with Crippen LogP contribution in [0.1, 0.15) is 24.2 Å². The molecule has 2 N–H and O–H groups in total. The molecule has 27 heavy (non-hydrogen) atoms. The van der Waals surface area contributed by atoms with Crippen LogP contribution in [0.5, 0.6) is 11.5 Å². The van der Waals surface area contributed by atoms with E-state index < -0.39 is 10.5 Å². The van der Waals surface area contributed by atoms with E-state index in [9.17, 15) is 14.9 Å². The Bertz CT molecular complexity index is 919. The van der Waals surface area contributed by atoms with E-state index in [1.807, 2.05) is 0 Å². The maximum atomic E-state index is 12.9. The first-order valence-electron chi connectivity index (χ1n) is 8.20. The maximum Gasteiger partial charge on any atom is 0.269 e. The van der Waals surface area contributed by atoms with Crippen molar-refractivity contribution in [2.75, 3.05) is 12.5 Å². The quantitative estimate of drug-likeness (QED) is 0.473. The van der Waals surface area contributed by atoms with E-state index in [2.05, 4.69) is 10.9 Å². The number of ketones is 1. The van der Waals surface area contributed by atoms with Gasteiger partial charge in [0.1, 0.15) is 17.1 Å². The van der Waals surface area contributed by atoms with Crippen molar-refractivity contribution in [3.8, 4) is 11.5 Å². The highest BCUT2D eigenvalue weighted by Crippen LogP contribution is 2.38. The van der Waals surface area contributed by atoms with Gasteiger partial charge < -0.3 is 20.3 Å². The van der Waals surface area contributed by atoms with Gasteiger partial charge in [0.15, 0.2) is 5.78 Å². The molecule has 0 aliphatic carbocycles. The second-order valence-electron chi connectivity index (χ2n) is 6.43. The molecule has 0 aromatic heterocycles. The van der Waals surface area contributed by atoms with Crippen molar-refractivity contribution in [1.82, 2.24) is 5.43 Å². The van der Waals surface area contributed by atoms with Crippen LogP contribution < -0.4 is 20.3 Å². The van der Waals surface area contributed by atoms with Crippen LogP contribution >= 0.6 is 0 Å². The van der Waals surface area contributed by atoms with Crippen LogP contribution in [0.4, 0.5) is 11.4 Å². The zero-order valence-electron chi connectivity index (χ0n) is 15.1. The summed E-state index contributed by atoms with van der Waals surface area (Å²) in [6, 6.07) is 11.0. The number of nitrogens with zero attached hydrogens (tertiary/aromatic N) is 1. The number of non-ortho nitro benzene ring substituents is 1. The number of anilines is 1. The van der Waals surface area contributed by atoms with Gasteiger partial charge in [-0.25, -0.2) is 0 Å². The number of hydrazine groups is 1. The second kappa shape index (κ2) is 6.99. The van der Waals surface area contributed by atoms with Gasteiger partial charge >= 0.3 is 0 Å². The van der Waals surface area contributed by atoms with Crippen molar-refractivity contribution in [1.29, 1.82) is 0 Å². The number of Topliss-reactive ketones (excluding diaryl/α,β-unsaturated/α-hetero) is 1. The average molecular weight is 369 g/mol. The molecular weight excluding hydrogens is 350 g/mol. The highest BCUT2D eigenvalue weighted by atomic mass is 16.6. The molecule has 8 heteroatoms. The number of methoxy groups -OCH3 is 1. The van der Waals surface area contributed by atoms with Crippen LogP contribution in [0, 0.1) is 10.1 Å². The Morgan fingerprint density at radius 1 is 1.19 bits per heavy atom. The zero-order valence-corrected chi connectivity index (χ0v) is 15.1. The number of nitro groups is 1. The standard InChI is InChI=1S/C19H19N3O5/c1-19(2)16(11-20-21-12-4-6-13(7-5-12)22(24)25)18(23)15-9-8-14(26-3)10-17(15)27-19/h4-11,20-21H,1-3H3/b16-11-. The number of ether oxygens (including phenoxy) is 2. The predicted molar refractivity (Wildman–Crippen MR) is 100.0 cm³/mol. The minimum atomic E-state index is -0.847. The van der Waals surface area contributed by atoms with E-state index in [1.165, 1.54) is 18.3 Å². The third kappa shape index (κ3) is 3.69. The largest absolute Gasteiger partial charge is 0.497 e. The van der Waals surface area contributed by atoms with E-state index >= 15 is 0 Å². The summed E-state index contributed by atoms with van der Waals surface area (Å²) in [5.74, 6) is 0.939. The van der Waals surface area contributed by atoms with E-state index in [0.717, 1.165) is 0 Å².